The molecule has 0 fully saturated rings. The Morgan fingerprint density at radius 1 is 1.60 bits per heavy atom. The molecule has 1 aromatic rings. The summed E-state index contributed by atoms with van der Waals surface area (Å²) >= 11 is 0. The lowest BCUT2D eigenvalue weighted by Crippen LogP contribution is -2.23. The lowest BCUT2D eigenvalue weighted by molar-refractivity contribution is -0.142. The predicted octanol–water partition coefficient (Wildman–Crippen LogP) is 1.01. The second-order valence-electron chi connectivity index (χ2n) is 3.16. The van der Waals surface area contributed by atoms with Crippen LogP contribution in [0.4, 0.5) is 4.39 Å². The fourth-order valence-electron chi connectivity index (χ4n) is 1.25. The van der Waals surface area contributed by atoms with Crippen LogP contribution in [0, 0.1) is 12.7 Å². The molecule has 0 radical (unpaired) electrons. The predicted molar refractivity (Wildman–Crippen MR) is 51.7 cm³/mol. The molecule has 5 heteroatoms. The standard InChI is InChI=1S/C10H12FNO3/c1-5-3-6(11)4-7(9(5)13)8(12)10(14)15-2/h3-4,8,13H,12H2,1-2H3/t8-/m1/s1. The van der Waals surface area contributed by atoms with Crippen molar-refractivity contribution in [2.75, 3.05) is 7.11 Å². The number of phenolic OH excluding ortho intramolecular Hbond substituents is 1. The number of methoxy groups -OCH3 is 1. The van der Waals surface area contributed by atoms with Crippen LogP contribution in [0.2, 0.25) is 0 Å². The van der Waals surface area contributed by atoms with Gasteiger partial charge in [0.2, 0.25) is 0 Å². The van der Waals surface area contributed by atoms with Crippen molar-refractivity contribution in [1.82, 2.24) is 0 Å². The average molecular weight is 213 g/mol. The molecule has 0 spiro atoms. The normalized spacial score (nSPS) is 12.3. The second-order valence-corrected chi connectivity index (χ2v) is 3.16. The molecule has 1 atom stereocenters. The molecule has 0 unspecified atom stereocenters. The van der Waals surface area contributed by atoms with Crippen LogP contribution in [-0.4, -0.2) is 18.2 Å². The SMILES string of the molecule is COC(=O)[C@H](N)c1cc(F)cc(C)c1O. The zero-order chi connectivity index (χ0) is 11.6. The Morgan fingerprint density at radius 2 is 2.20 bits per heavy atom. The molecule has 0 aliphatic carbocycles. The summed E-state index contributed by atoms with van der Waals surface area (Å²) in [4.78, 5) is 11.1. The summed E-state index contributed by atoms with van der Waals surface area (Å²) in [6, 6.07) is 0.997. The first-order chi connectivity index (χ1) is 6.97. The number of halogens is 1. The molecule has 0 saturated carbocycles. The molecule has 0 heterocycles. The highest BCUT2D eigenvalue weighted by Crippen LogP contribution is 2.28. The van der Waals surface area contributed by atoms with Crippen LogP contribution in [0.5, 0.6) is 5.75 Å². The molecule has 0 bridgehead atoms. The van der Waals surface area contributed by atoms with Gasteiger partial charge in [0.1, 0.15) is 17.6 Å². The van der Waals surface area contributed by atoms with E-state index in [0.717, 1.165) is 12.1 Å². The van der Waals surface area contributed by atoms with E-state index in [1.165, 1.54) is 14.0 Å². The fourth-order valence-corrected chi connectivity index (χ4v) is 1.25. The number of aryl methyl sites for hydroxylation is 1. The molecule has 0 saturated heterocycles. The zero-order valence-corrected chi connectivity index (χ0v) is 8.45. The van der Waals surface area contributed by atoms with Crippen molar-refractivity contribution in [2.45, 2.75) is 13.0 Å². The van der Waals surface area contributed by atoms with Crippen molar-refractivity contribution < 1.29 is 19.0 Å². The third-order valence-corrected chi connectivity index (χ3v) is 2.08. The number of benzene rings is 1. The molecule has 82 valence electrons. The monoisotopic (exact) mass is 213 g/mol. The number of carbonyl (C=O) groups is 1. The molecular weight excluding hydrogens is 201 g/mol. The number of hydrogen-bond donors (Lipinski definition) is 2. The van der Waals surface area contributed by atoms with Gasteiger partial charge in [-0.25, -0.2) is 4.39 Å². The van der Waals surface area contributed by atoms with Crippen molar-refractivity contribution in [3.8, 4) is 5.75 Å². The van der Waals surface area contributed by atoms with E-state index in [1.807, 2.05) is 0 Å². The van der Waals surface area contributed by atoms with Crippen LogP contribution < -0.4 is 5.73 Å². The molecule has 3 N–H and O–H groups in total. The summed E-state index contributed by atoms with van der Waals surface area (Å²) in [5.41, 5.74) is 5.84. The van der Waals surface area contributed by atoms with E-state index in [2.05, 4.69) is 4.74 Å². The van der Waals surface area contributed by atoms with E-state index in [9.17, 15) is 14.3 Å². The Bertz CT molecular complexity index is 392. The van der Waals surface area contributed by atoms with Crippen molar-refractivity contribution in [3.05, 3.63) is 29.1 Å². The van der Waals surface area contributed by atoms with Gasteiger partial charge in [0, 0.05) is 5.56 Å². The first-order valence-electron chi connectivity index (χ1n) is 4.29. The molecule has 1 rings (SSSR count). The van der Waals surface area contributed by atoms with E-state index < -0.39 is 17.8 Å². The molecule has 0 aromatic heterocycles. The lowest BCUT2D eigenvalue weighted by Gasteiger charge is -2.12. The minimum absolute atomic E-state index is 0.0272. The Kier molecular flexibility index (Phi) is 3.26. The van der Waals surface area contributed by atoms with Gasteiger partial charge in [-0.3, -0.25) is 4.79 Å². The topological polar surface area (TPSA) is 72.5 Å². The van der Waals surface area contributed by atoms with Gasteiger partial charge in [-0.05, 0) is 24.6 Å². The van der Waals surface area contributed by atoms with Gasteiger partial charge in [0.25, 0.3) is 0 Å². The largest absolute Gasteiger partial charge is 0.507 e. The van der Waals surface area contributed by atoms with E-state index >= 15 is 0 Å². The summed E-state index contributed by atoms with van der Waals surface area (Å²) in [5, 5.41) is 9.58. The maximum absolute atomic E-state index is 13.0. The summed E-state index contributed by atoms with van der Waals surface area (Å²) in [7, 11) is 1.17. The highest BCUT2D eigenvalue weighted by Gasteiger charge is 2.21. The molecule has 1 aromatic carbocycles. The maximum atomic E-state index is 13.0. The Morgan fingerprint density at radius 3 is 2.73 bits per heavy atom. The Labute approximate surface area is 86.5 Å². The van der Waals surface area contributed by atoms with E-state index in [0.29, 0.717) is 5.56 Å². The number of ether oxygens (including phenoxy) is 1. The first-order valence-corrected chi connectivity index (χ1v) is 4.29. The number of phenols is 1. The van der Waals surface area contributed by atoms with Crippen LogP contribution in [0.25, 0.3) is 0 Å². The van der Waals surface area contributed by atoms with Gasteiger partial charge in [0.15, 0.2) is 0 Å². The third kappa shape index (κ3) is 2.24. The number of esters is 1. The maximum Gasteiger partial charge on any atom is 0.327 e. The van der Waals surface area contributed by atoms with Crippen LogP contribution in [0.3, 0.4) is 0 Å². The molecular formula is C10H12FNO3. The minimum Gasteiger partial charge on any atom is -0.507 e. The second kappa shape index (κ2) is 4.27. The van der Waals surface area contributed by atoms with Gasteiger partial charge < -0.3 is 15.6 Å². The molecule has 0 amide bonds. The number of aromatic hydroxyl groups is 1. The summed E-state index contributed by atoms with van der Waals surface area (Å²) in [5.74, 6) is -1.47. The highest BCUT2D eigenvalue weighted by molar-refractivity contribution is 5.78. The lowest BCUT2D eigenvalue weighted by atomic mass is 10.0. The smallest absolute Gasteiger partial charge is 0.327 e. The van der Waals surface area contributed by atoms with Crippen LogP contribution in [0.1, 0.15) is 17.2 Å². The number of rotatable bonds is 2. The van der Waals surface area contributed by atoms with Gasteiger partial charge in [-0.15, -0.1) is 0 Å². The quantitative estimate of drug-likeness (QED) is 0.719. The van der Waals surface area contributed by atoms with Gasteiger partial charge in [-0.1, -0.05) is 0 Å². The van der Waals surface area contributed by atoms with E-state index in [4.69, 9.17) is 5.73 Å². The zero-order valence-electron chi connectivity index (χ0n) is 8.45. The number of carbonyl (C=O) groups excluding carboxylic acids is 1. The van der Waals surface area contributed by atoms with E-state index in [1.54, 1.807) is 0 Å². The first kappa shape index (κ1) is 11.5. The highest BCUT2D eigenvalue weighted by atomic mass is 19.1. The molecule has 15 heavy (non-hydrogen) atoms. The van der Waals surface area contributed by atoms with E-state index in [-0.39, 0.29) is 11.3 Å². The fraction of sp³-hybridized carbons (Fsp3) is 0.300. The van der Waals surface area contributed by atoms with Crippen LogP contribution in [-0.2, 0) is 9.53 Å². The molecule has 0 aliphatic heterocycles. The van der Waals surface area contributed by atoms with Crippen LogP contribution >= 0.6 is 0 Å². The van der Waals surface area contributed by atoms with Crippen molar-refractivity contribution in [1.29, 1.82) is 0 Å². The van der Waals surface area contributed by atoms with Crippen molar-refractivity contribution in [2.24, 2.45) is 5.73 Å². The minimum atomic E-state index is -1.18. The number of hydrogen-bond acceptors (Lipinski definition) is 4. The summed E-state index contributed by atoms with van der Waals surface area (Å²) in [6.07, 6.45) is 0. The van der Waals surface area contributed by atoms with Crippen LogP contribution in [0.15, 0.2) is 12.1 Å². The van der Waals surface area contributed by atoms with Crippen molar-refractivity contribution >= 4 is 5.97 Å². The molecule has 4 nitrogen and oxygen atoms in total. The third-order valence-electron chi connectivity index (χ3n) is 2.08. The Balaban J connectivity index is 3.19. The average Bonchev–Trinajstić information content (AvgIpc) is 2.21. The Hall–Kier alpha value is -1.62. The van der Waals surface area contributed by atoms with Gasteiger partial charge >= 0.3 is 5.97 Å². The summed E-state index contributed by atoms with van der Waals surface area (Å²) < 4.78 is 17.4. The number of nitrogens with two attached hydrogens (primary N) is 1. The van der Waals surface area contributed by atoms with Gasteiger partial charge in [-0.2, -0.15) is 0 Å². The van der Waals surface area contributed by atoms with Gasteiger partial charge in [0.05, 0.1) is 7.11 Å². The van der Waals surface area contributed by atoms with Crippen molar-refractivity contribution in [3.63, 3.8) is 0 Å². The summed E-state index contributed by atoms with van der Waals surface area (Å²) in [6.45, 7) is 1.52. The molecule has 0 aliphatic rings.